The van der Waals surface area contributed by atoms with E-state index in [1.54, 1.807) is 19.2 Å². The summed E-state index contributed by atoms with van der Waals surface area (Å²) in [6, 6.07) is 4.07. The Kier molecular flexibility index (Phi) is 4.66. The smallest absolute Gasteiger partial charge is 0.339 e. The van der Waals surface area contributed by atoms with E-state index in [2.05, 4.69) is 33.6 Å². The van der Waals surface area contributed by atoms with Crippen molar-refractivity contribution in [3.05, 3.63) is 29.7 Å². The van der Waals surface area contributed by atoms with Gasteiger partial charge in [-0.3, -0.25) is 0 Å². The Morgan fingerprint density at radius 3 is 2.74 bits per heavy atom. The average molecular weight is 332 g/mol. The second-order valence-corrected chi connectivity index (χ2v) is 6.79. The molecule has 0 N–H and O–H groups in total. The molecule has 7 heteroatoms. The molecule has 3 rings (SSSR count). The Bertz CT molecular complexity index is 693. The van der Waals surface area contributed by atoms with E-state index >= 15 is 0 Å². The Labute approximate surface area is 139 Å². The summed E-state index contributed by atoms with van der Waals surface area (Å²) in [5, 5.41) is 10.3. The van der Waals surface area contributed by atoms with Crippen LogP contribution in [0.3, 0.4) is 0 Å². The maximum absolute atomic E-state index is 11.6. The van der Waals surface area contributed by atoms with Gasteiger partial charge in [0.05, 0.1) is 12.2 Å². The highest BCUT2D eigenvalue weighted by Crippen LogP contribution is 2.41. The quantitative estimate of drug-likeness (QED) is 0.755. The van der Waals surface area contributed by atoms with Gasteiger partial charge < -0.3 is 9.30 Å². The Morgan fingerprint density at radius 2 is 2.17 bits per heavy atom. The highest BCUT2D eigenvalue weighted by atomic mass is 32.2. The van der Waals surface area contributed by atoms with Crippen LogP contribution in [-0.2, 0) is 4.74 Å². The number of carbonyl (C=O) groups excluding carboxylic acids is 1. The van der Waals surface area contributed by atoms with Gasteiger partial charge in [0.15, 0.2) is 5.16 Å². The van der Waals surface area contributed by atoms with Gasteiger partial charge in [0.25, 0.3) is 0 Å². The standard InChI is InChI=1S/C16H20N4O2S/c1-4-22-15(21)11-5-8-13(17-9-11)23-16-19-18-14(10(2)3)20(16)12-6-7-12/h5,8-10,12H,4,6-7H2,1-3H3. The molecule has 0 spiro atoms. The lowest BCUT2D eigenvalue weighted by Crippen LogP contribution is -2.05. The highest BCUT2D eigenvalue weighted by Gasteiger charge is 2.30. The average Bonchev–Trinajstić information content (AvgIpc) is 3.28. The van der Waals surface area contributed by atoms with E-state index in [1.807, 2.05) is 6.07 Å². The van der Waals surface area contributed by atoms with E-state index in [0.29, 0.717) is 24.1 Å². The molecule has 1 saturated carbocycles. The second-order valence-electron chi connectivity index (χ2n) is 5.80. The fraction of sp³-hybridized carbons (Fsp3) is 0.500. The molecule has 0 aromatic carbocycles. The van der Waals surface area contributed by atoms with Crippen LogP contribution in [0.1, 0.15) is 61.8 Å². The van der Waals surface area contributed by atoms with Crippen LogP contribution in [0, 0.1) is 0 Å². The van der Waals surface area contributed by atoms with Crippen LogP contribution in [0.15, 0.2) is 28.5 Å². The first kappa shape index (κ1) is 16.0. The zero-order valence-corrected chi connectivity index (χ0v) is 14.3. The molecule has 1 aliphatic carbocycles. The van der Waals surface area contributed by atoms with Crippen LogP contribution >= 0.6 is 11.8 Å². The fourth-order valence-electron chi connectivity index (χ4n) is 2.30. The molecule has 1 aliphatic rings. The molecule has 2 aromatic heterocycles. The van der Waals surface area contributed by atoms with E-state index in [9.17, 15) is 4.79 Å². The summed E-state index contributed by atoms with van der Waals surface area (Å²) in [6.07, 6.45) is 3.91. The largest absolute Gasteiger partial charge is 0.462 e. The number of nitrogens with zero attached hydrogens (tertiary/aromatic N) is 4. The molecule has 0 saturated heterocycles. The summed E-state index contributed by atoms with van der Waals surface area (Å²) in [5.74, 6) is 1.02. The molecule has 0 unspecified atom stereocenters. The summed E-state index contributed by atoms with van der Waals surface area (Å²) in [7, 11) is 0. The van der Waals surface area contributed by atoms with Crippen LogP contribution in [0.4, 0.5) is 0 Å². The summed E-state index contributed by atoms with van der Waals surface area (Å²) in [4.78, 5) is 16.0. The minimum Gasteiger partial charge on any atom is -0.462 e. The first-order valence-corrected chi connectivity index (χ1v) is 8.67. The van der Waals surface area contributed by atoms with Gasteiger partial charge >= 0.3 is 5.97 Å². The molecular weight excluding hydrogens is 312 g/mol. The van der Waals surface area contributed by atoms with Crippen molar-refractivity contribution in [2.75, 3.05) is 6.61 Å². The van der Waals surface area contributed by atoms with Crippen LogP contribution in [-0.4, -0.2) is 32.3 Å². The van der Waals surface area contributed by atoms with Crippen molar-refractivity contribution in [2.45, 2.75) is 55.8 Å². The summed E-state index contributed by atoms with van der Waals surface area (Å²) in [6.45, 7) is 6.40. The van der Waals surface area contributed by atoms with E-state index in [-0.39, 0.29) is 5.97 Å². The van der Waals surface area contributed by atoms with Crippen molar-refractivity contribution < 1.29 is 9.53 Å². The number of aromatic nitrogens is 4. The molecule has 1 fully saturated rings. The number of rotatable bonds is 6. The zero-order valence-electron chi connectivity index (χ0n) is 13.5. The molecule has 0 atom stereocenters. The van der Waals surface area contributed by atoms with Crippen molar-refractivity contribution >= 4 is 17.7 Å². The Balaban J connectivity index is 1.78. The van der Waals surface area contributed by atoms with Gasteiger partial charge in [-0.1, -0.05) is 13.8 Å². The van der Waals surface area contributed by atoms with E-state index in [0.717, 1.165) is 16.0 Å². The van der Waals surface area contributed by atoms with Crippen molar-refractivity contribution in [2.24, 2.45) is 0 Å². The van der Waals surface area contributed by atoms with Crippen LogP contribution < -0.4 is 0 Å². The van der Waals surface area contributed by atoms with E-state index in [4.69, 9.17) is 4.74 Å². The molecule has 0 radical (unpaired) electrons. The first-order valence-electron chi connectivity index (χ1n) is 7.86. The molecule has 122 valence electrons. The van der Waals surface area contributed by atoms with Gasteiger partial charge in [0.1, 0.15) is 10.9 Å². The van der Waals surface area contributed by atoms with Gasteiger partial charge in [-0.25, -0.2) is 9.78 Å². The van der Waals surface area contributed by atoms with E-state index in [1.165, 1.54) is 24.6 Å². The van der Waals surface area contributed by atoms with Gasteiger partial charge in [-0.2, -0.15) is 0 Å². The monoisotopic (exact) mass is 332 g/mol. The topological polar surface area (TPSA) is 69.9 Å². The van der Waals surface area contributed by atoms with Gasteiger partial charge in [-0.15, -0.1) is 10.2 Å². The molecule has 0 bridgehead atoms. The van der Waals surface area contributed by atoms with Crippen molar-refractivity contribution in [3.63, 3.8) is 0 Å². The predicted molar refractivity (Wildman–Crippen MR) is 86.7 cm³/mol. The molecule has 0 amide bonds. The molecule has 2 aromatic rings. The lowest BCUT2D eigenvalue weighted by Gasteiger charge is -2.10. The second kappa shape index (κ2) is 6.70. The minimum atomic E-state index is -0.347. The maximum Gasteiger partial charge on any atom is 0.339 e. The lowest BCUT2D eigenvalue weighted by atomic mass is 10.2. The number of hydrogen-bond acceptors (Lipinski definition) is 6. The normalized spacial score (nSPS) is 14.3. The predicted octanol–water partition coefficient (Wildman–Crippen LogP) is 3.46. The van der Waals surface area contributed by atoms with Gasteiger partial charge in [0.2, 0.25) is 0 Å². The number of hydrogen-bond donors (Lipinski definition) is 0. The van der Waals surface area contributed by atoms with Gasteiger partial charge in [0, 0.05) is 18.2 Å². The SMILES string of the molecule is CCOC(=O)c1ccc(Sc2nnc(C(C)C)n2C2CC2)nc1. The molecule has 6 nitrogen and oxygen atoms in total. The lowest BCUT2D eigenvalue weighted by molar-refractivity contribution is 0.0525. The van der Waals surface area contributed by atoms with Crippen molar-refractivity contribution in [3.8, 4) is 0 Å². The van der Waals surface area contributed by atoms with Crippen LogP contribution in [0.2, 0.25) is 0 Å². The maximum atomic E-state index is 11.6. The Hall–Kier alpha value is -1.89. The van der Waals surface area contributed by atoms with E-state index < -0.39 is 0 Å². The zero-order chi connectivity index (χ0) is 16.4. The summed E-state index contributed by atoms with van der Waals surface area (Å²) < 4.78 is 7.19. The minimum absolute atomic E-state index is 0.344. The molecular formula is C16H20N4O2S. The Morgan fingerprint density at radius 1 is 1.39 bits per heavy atom. The number of esters is 1. The first-order chi connectivity index (χ1) is 11.1. The third kappa shape index (κ3) is 3.55. The molecule has 2 heterocycles. The number of ether oxygens (including phenoxy) is 1. The third-order valence-electron chi connectivity index (χ3n) is 3.56. The highest BCUT2D eigenvalue weighted by molar-refractivity contribution is 7.99. The number of pyridine rings is 1. The van der Waals surface area contributed by atoms with Gasteiger partial charge in [-0.05, 0) is 43.7 Å². The number of carbonyl (C=O) groups is 1. The fourth-order valence-corrected chi connectivity index (χ4v) is 3.15. The third-order valence-corrected chi connectivity index (χ3v) is 4.47. The molecule has 0 aliphatic heterocycles. The van der Waals surface area contributed by atoms with Crippen LogP contribution in [0.25, 0.3) is 0 Å². The van der Waals surface area contributed by atoms with Crippen LogP contribution in [0.5, 0.6) is 0 Å². The van der Waals surface area contributed by atoms with Crippen molar-refractivity contribution in [1.29, 1.82) is 0 Å². The summed E-state index contributed by atoms with van der Waals surface area (Å²) in [5.41, 5.74) is 0.461. The van der Waals surface area contributed by atoms with Crippen molar-refractivity contribution in [1.82, 2.24) is 19.7 Å². The molecule has 23 heavy (non-hydrogen) atoms. The summed E-state index contributed by atoms with van der Waals surface area (Å²) >= 11 is 1.48.